The summed E-state index contributed by atoms with van der Waals surface area (Å²) in [6.45, 7) is 8.03. The summed E-state index contributed by atoms with van der Waals surface area (Å²) in [5, 5.41) is 12.8. The van der Waals surface area contributed by atoms with Crippen molar-refractivity contribution < 1.29 is 14.3 Å². The number of ether oxygens (including phenoxy) is 1. The van der Waals surface area contributed by atoms with Gasteiger partial charge in [0, 0.05) is 23.4 Å². The fourth-order valence-corrected chi connectivity index (χ4v) is 4.02. The number of anilines is 1. The van der Waals surface area contributed by atoms with Crippen LogP contribution >= 0.6 is 11.3 Å². The van der Waals surface area contributed by atoms with Crippen molar-refractivity contribution in [2.75, 3.05) is 11.9 Å². The molecule has 1 atom stereocenters. The zero-order chi connectivity index (χ0) is 18.9. The van der Waals surface area contributed by atoms with Crippen LogP contribution in [0, 0.1) is 17.2 Å². The molecule has 6 nitrogen and oxygen atoms in total. The maximum absolute atomic E-state index is 12.1. The van der Waals surface area contributed by atoms with Crippen LogP contribution in [0.25, 0.3) is 0 Å². The molecular weight excluding hydrogens is 350 g/mol. The van der Waals surface area contributed by atoms with Gasteiger partial charge in [-0.05, 0) is 42.4 Å². The van der Waals surface area contributed by atoms with Crippen LogP contribution in [0.1, 0.15) is 22.4 Å². The maximum atomic E-state index is 12.1. The van der Waals surface area contributed by atoms with Crippen molar-refractivity contribution in [3.63, 3.8) is 0 Å². The molecule has 2 rings (SSSR count). The Morgan fingerprint density at radius 1 is 1.50 bits per heavy atom. The van der Waals surface area contributed by atoms with Crippen LogP contribution in [0.2, 0.25) is 0 Å². The van der Waals surface area contributed by atoms with Crippen LogP contribution in [-0.2, 0) is 27.2 Å². The minimum Gasteiger partial charge on any atom is -0.468 e. The maximum Gasteiger partial charge on any atom is 0.293 e. The van der Waals surface area contributed by atoms with Crippen LogP contribution in [-0.4, -0.2) is 25.2 Å². The van der Waals surface area contributed by atoms with Gasteiger partial charge in [-0.25, -0.2) is 0 Å². The number of nitrogens with zero attached hydrogens (tertiary/aromatic N) is 2. The van der Waals surface area contributed by atoms with E-state index in [0.717, 1.165) is 29.7 Å². The van der Waals surface area contributed by atoms with E-state index in [2.05, 4.69) is 29.5 Å². The molecule has 1 aromatic heterocycles. The fourth-order valence-electron chi connectivity index (χ4n) is 2.71. The van der Waals surface area contributed by atoms with Crippen molar-refractivity contribution in [3.8, 4) is 6.07 Å². The Kier molecular flexibility index (Phi) is 7.06. The quantitative estimate of drug-likeness (QED) is 0.330. The molecule has 1 unspecified atom stereocenters. The first kappa shape index (κ1) is 19.3. The first-order valence-corrected chi connectivity index (χ1v) is 8.82. The number of hydrogen-bond acceptors (Lipinski definition) is 6. The lowest BCUT2D eigenvalue weighted by atomic mass is 9.88. The number of nitriles is 1. The Bertz CT molecular complexity index is 815. The Morgan fingerprint density at radius 2 is 2.31 bits per heavy atom. The second-order valence-electron chi connectivity index (χ2n) is 5.72. The van der Waals surface area contributed by atoms with Gasteiger partial charge in [-0.1, -0.05) is 13.2 Å². The molecule has 0 aromatic carbocycles. The van der Waals surface area contributed by atoms with Gasteiger partial charge in [0.15, 0.2) is 0 Å². The number of carbonyl (C=O) groups excluding carboxylic acids is 2. The molecule has 0 saturated carbocycles. The number of nitrogens with one attached hydrogen (secondary N) is 1. The zero-order valence-electron chi connectivity index (χ0n) is 14.2. The van der Waals surface area contributed by atoms with E-state index in [1.807, 2.05) is 0 Å². The van der Waals surface area contributed by atoms with E-state index in [1.54, 1.807) is 0 Å². The molecule has 0 spiro atoms. The minimum atomic E-state index is -0.339. The molecule has 7 heteroatoms. The SMILES string of the molecule is C=CN=CC(=C)/C=C/C(=O)Nc1sc2c(c1C#N)CCC(COC=O)C2. The summed E-state index contributed by atoms with van der Waals surface area (Å²) in [4.78, 5) is 27.3. The third-order valence-electron chi connectivity index (χ3n) is 3.91. The largest absolute Gasteiger partial charge is 0.468 e. The van der Waals surface area contributed by atoms with E-state index < -0.39 is 0 Å². The third kappa shape index (κ3) is 5.01. The predicted molar refractivity (Wildman–Crippen MR) is 102 cm³/mol. The highest BCUT2D eigenvalue weighted by atomic mass is 32.1. The van der Waals surface area contributed by atoms with E-state index in [0.29, 0.717) is 29.2 Å². The van der Waals surface area contributed by atoms with Crippen LogP contribution in [0.4, 0.5) is 5.00 Å². The highest BCUT2D eigenvalue weighted by molar-refractivity contribution is 7.16. The highest BCUT2D eigenvalue weighted by Gasteiger charge is 2.26. The van der Waals surface area contributed by atoms with Gasteiger partial charge in [0.05, 0.1) is 12.2 Å². The normalized spacial score (nSPS) is 16.0. The Balaban J connectivity index is 2.09. The van der Waals surface area contributed by atoms with E-state index in [1.165, 1.54) is 35.9 Å². The van der Waals surface area contributed by atoms with Gasteiger partial charge in [-0.2, -0.15) is 5.26 Å². The summed E-state index contributed by atoms with van der Waals surface area (Å²) < 4.78 is 4.85. The van der Waals surface area contributed by atoms with Gasteiger partial charge >= 0.3 is 0 Å². The molecular formula is C19H19N3O3S. The molecule has 1 heterocycles. The van der Waals surface area contributed by atoms with E-state index in [-0.39, 0.29) is 11.8 Å². The van der Waals surface area contributed by atoms with Gasteiger partial charge < -0.3 is 10.1 Å². The number of rotatable bonds is 8. The van der Waals surface area contributed by atoms with Gasteiger partial charge in [-0.3, -0.25) is 14.6 Å². The van der Waals surface area contributed by atoms with Crippen LogP contribution in [0.15, 0.2) is 42.1 Å². The van der Waals surface area contributed by atoms with Crippen molar-refractivity contribution >= 4 is 34.9 Å². The molecule has 1 N–H and O–H groups in total. The Hall–Kier alpha value is -2.98. The molecule has 1 amide bonds. The molecule has 0 aliphatic heterocycles. The highest BCUT2D eigenvalue weighted by Crippen LogP contribution is 2.39. The lowest BCUT2D eigenvalue weighted by molar-refractivity contribution is -0.130. The molecule has 0 fully saturated rings. The van der Waals surface area contributed by atoms with Crippen LogP contribution in [0.5, 0.6) is 0 Å². The number of allylic oxidation sites excluding steroid dienone is 2. The zero-order valence-corrected chi connectivity index (χ0v) is 15.1. The number of hydrogen-bond donors (Lipinski definition) is 1. The number of aliphatic imine (C=N–C) groups is 1. The van der Waals surface area contributed by atoms with Crippen molar-refractivity contribution in [1.82, 2.24) is 0 Å². The minimum absolute atomic E-state index is 0.244. The number of carbonyl (C=O) groups is 2. The summed E-state index contributed by atoms with van der Waals surface area (Å²) in [6.07, 6.45) is 8.07. The number of fused-ring (bicyclic) bond motifs is 1. The smallest absolute Gasteiger partial charge is 0.293 e. The van der Waals surface area contributed by atoms with Crippen molar-refractivity contribution in [1.29, 1.82) is 5.26 Å². The van der Waals surface area contributed by atoms with Crippen LogP contribution < -0.4 is 5.32 Å². The lowest BCUT2D eigenvalue weighted by Gasteiger charge is -2.20. The summed E-state index contributed by atoms with van der Waals surface area (Å²) in [7, 11) is 0. The summed E-state index contributed by atoms with van der Waals surface area (Å²) >= 11 is 1.41. The monoisotopic (exact) mass is 369 g/mol. The van der Waals surface area contributed by atoms with E-state index in [9.17, 15) is 14.9 Å². The average molecular weight is 369 g/mol. The molecule has 0 saturated heterocycles. The molecule has 1 aliphatic carbocycles. The molecule has 134 valence electrons. The van der Waals surface area contributed by atoms with Crippen molar-refractivity contribution in [2.45, 2.75) is 19.3 Å². The second-order valence-corrected chi connectivity index (χ2v) is 6.82. The number of amides is 1. The topological polar surface area (TPSA) is 91.6 Å². The lowest BCUT2D eigenvalue weighted by Crippen LogP contribution is -2.18. The van der Waals surface area contributed by atoms with Gasteiger partial charge in [0.1, 0.15) is 11.1 Å². The Morgan fingerprint density at radius 3 is 3.00 bits per heavy atom. The molecule has 26 heavy (non-hydrogen) atoms. The van der Waals surface area contributed by atoms with Gasteiger partial charge in [-0.15, -0.1) is 11.3 Å². The Labute approximate surface area is 156 Å². The molecule has 1 aromatic rings. The number of thiophene rings is 1. The summed E-state index contributed by atoms with van der Waals surface area (Å²) in [5.74, 6) is -0.0945. The molecule has 0 bridgehead atoms. The third-order valence-corrected chi connectivity index (χ3v) is 5.08. The van der Waals surface area contributed by atoms with Crippen molar-refractivity contribution in [2.24, 2.45) is 10.9 Å². The summed E-state index contributed by atoms with van der Waals surface area (Å²) in [5.41, 5.74) is 2.07. The van der Waals surface area contributed by atoms with Gasteiger partial charge in [0.25, 0.3) is 6.47 Å². The first-order valence-electron chi connectivity index (χ1n) is 8.01. The van der Waals surface area contributed by atoms with Gasteiger partial charge in [0.2, 0.25) is 5.91 Å². The van der Waals surface area contributed by atoms with E-state index in [4.69, 9.17) is 4.74 Å². The molecule has 1 aliphatic rings. The first-order chi connectivity index (χ1) is 12.6. The molecule has 0 radical (unpaired) electrons. The fraction of sp³-hybridized carbons (Fsp3) is 0.263. The van der Waals surface area contributed by atoms with E-state index >= 15 is 0 Å². The average Bonchev–Trinajstić information content (AvgIpc) is 2.98. The standard InChI is InChI=1S/C19H19N3O3S/c1-3-21-10-13(2)4-7-18(24)22-19-16(9-20)15-6-5-14(11-25-12-23)8-17(15)26-19/h3-4,7,10,12,14H,1-2,5-6,8,11H2,(H,22,24)/b7-4+,21-10?. The second kappa shape index (κ2) is 9.49. The predicted octanol–water partition coefficient (Wildman–Crippen LogP) is 3.16. The summed E-state index contributed by atoms with van der Waals surface area (Å²) in [6, 6.07) is 2.19. The van der Waals surface area contributed by atoms with Crippen LogP contribution in [0.3, 0.4) is 0 Å². The van der Waals surface area contributed by atoms with Crippen molar-refractivity contribution in [3.05, 3.63) is 53.1 Å².